The molecular formula is C20H28N2O3. The third kappa shape index (κ3) is 4.75. The van der Waals surface area contributed by atoms with Crippen molar-refractivity contribution >= 4 is 5.91 Å². The van der Waals surface area contributed by atoms with Gasteiger partial charge in [-0.2, -0.15) is 0 Å². The van der Waals surface area contributed by atoms with E-state index in [1.807, 2.05) is 37.1 Å². The van der Waals surface area contributed by atoms with Crippen LogP contribution in [-0.2, 0) is 11.3 Å². The van der Waals surface area contributed by atoms with Crippen molar-refractivity contribution in [3.63, 3.8) is 0 Å². The number of ether oxygens (including phenoxy) is 2. The van der Waals surface area contributed by atoms with E-state index >= 15 is 0 Å². The fourth-order valence-corrected chi connectivity index (χ4v) is 3.29. The van der Waals surface area contributed by atoms with Crippen LogP contribution in [0.3, 0.4) is 0 Å². The molecule has 1 heterocycles. The maximum absolute atomic E-state index is 12.4. The summed E-state index contributed by atoms with van der Waals surface area (Å²) in [6.45, 7) is 3.65. The molecule has 1 aromatic rings. The maximum atomic E-state index is 12.4. The Morgan fingerprint density at radius 1 is 1.28 bits per heavy atom. The topological polar surface area (TPSA) is 50.8 Å². The van der Waals surface area contributed by atoms with E-state index in [9.17, 15) is 4.79 Å². The molecule has 25 heavy (non-hydrogen) atoms. The Labute approximate surface area is 150 Å². The van der Waals surface area contributed by atoms with Crippen molar-refractivity contribution in [2.45, 2.75) is 51.6 Å². The lowest BCUT2D eigenvalue weighted by Gasteiger charge is -2.24. The summed E-state index contributed by atoms with van der Waals surface area (Å²) in [6.07, 6.45) is 8.29. The fraction of sp³-hybridized carbons (Fsp3) is 0.550. The number of amides is 1. The summed E-state index contributed by atoms with van der Waals surface area (Å²) in [5, 5.41) is 3.07. The summed E-state index contributed by atoms with van der Waals surface area (Å²) in [7, 11) is 1.97. The van der Waals surface area contributed by atoms with Crippen LogP contribution in [0.1, 0.15) is 44.6 Å². The SMILES string of the molecule is CC(C(=O)NCCC1=CCCCC1)N(C)Cc1ccc2c(c1)OCO2. The number of likely N-dealkylation sites (N-methyl/N-ethyl adjacent to an activating group) is 1. The predicted molar refractivity (Wildman–Crippen MR) is 97.7 cm³/mol. The van der Waals surface area contributed by atoms with Gasteiger partial charge in [0.25, 0.3) is 0 Å². The molecule has 0 fully saturated rings. The van der Waals surface area contributed by atoms with Gasteiger partial charge in [0.2, 0.25) is 12.7 Å². The lowest BCUT2D eigenvalue weighted by Crippen LogP contribution is -2.43. The van der Waals surface area contributed by atoms with Crippen LogP contribution >= 0.6 is 0 Å². The van der Waals surface area contributed by atoms with Gasteiger partial charge in [-0.05, 0) is 63.8 Å². The quantitative estimate of drug-likeness (QED) is 0.772. The number of carbonyl (C=O) groups is 1. The number of hydrogen-bond acceptors (Lipinski definition) is 4. The molecule has 1 aliphatic carbocycles. The Hall–Kier alpha value is -2.01. The van der Waals surface area contributed by atoms with E-state index in [4.69, 9.17) is 9.47 Å². The Morgan fingerprint density at radius 2 is 2.12 bits per heavy atom. The first-order chi connectivity index (χ1) is 12.1. The second-order valence-corrected chi connectivity index (χ2v) is 6.93. The first-order valence-corrected chi connectivity index (χ1v) is 9.18. The summed E-state index contributed by atoms with van der Waals surface area (Å²) in [6, 6.07) is 5.75. The van der Waals surface area contributed by atoms with E-state index in [1.54, 1.807) is 0 Å². The number of fused-ring (bicyclic) bond motifs is 1. The molecule has 3 rings (SSSR count). The van der Waals surface area contributed by atoms with Gasteiger partial charge in [-0.25, -0.2) is 0 Å². The van der Waals surface area contributed by atoms with Gasteiger partial charge in [0, 0.05) is 13.1 Å². The first kappa shape index (κ1) is 17.8. The molecule has 136 valence electrons. The van der Waals surface area contributed by atoms with Crippen LogP contribution in [0.4, 0.5) is 0 Å². The molecule has 1 amide bonds. The van der Waals surface area contributed by atoms with E-state index in [0.29, 0.717) is 6.54 Å². The van der Waals surface area contributed by atoms with Gasteiger partial charge in [-0.15, -0.1) is 0 Å². The summed E-state index contributed by atoms with van der Waals surface area (Å²) in [5.41, 5.74) is 2.60. The van der Waals surface area contributed by atoms with E-state index < -0.39 is 0 Å². The summed E-state index contributed by atoms with van der Waals surface area (Å²) < 4.78 is 10.7. The monoisotopic (exact) mass is 344 g/mol. The molecular weight excluding hydrogens is 316 g/mol. The fourth-order valence-electron chi connectivity index (χ4n) is 3.29. The minimum absolute atomic E-state index is 0.0830. The number of benzene rings is 1. The molecule has 1 aromatic carbocycles. The molecule has 0 aromatic heterocycles. The Kier molecular flexibility index (Phi) is 5.97. The number of nitrogens with zero attached hydrogens (tertiary/aromatic N) is 1. The highest BCUT2D eigenvalue weighted by molar-refractivity contribution is 5.81. The zero-order valence-corrected chi connectivity index (χ0v) is 15.2. The zero-order chi connectivity index (χ0) is 17.6. The second kappa shape index (κ2) is 8.39. The molecule has 5 heteroatoms. The molecule has 0 spiro atoms. The van der Waals surface area contributed by atoms with Crippen molar-refractivity contribution in [1.82, 2.24) is 10.2 Å². The lowest BCUT2D eigenvalue weighted by atomic mass is 9.97. The first-order valence-electron chi connectivity index (χ1n) is 9.18. The number of nitrogens with one attached hydrogen (secondary N) is 1. The normalized spacial score (nSPS) is 17.3. The molecule has 2 aliphatic rings. The largest absolute Gasteiger partial charge is 0.454 e. The van der Waals surface area contributed by atoms with Gasteiger partial charge in [-0.1, -0.05) is 17.7 Å². The summed E-state index contributed by atoms with van der Waals surface area (Å²) >= 11 is 0. The van der Waals surface area contributed by atoms with Crippen LogP contribution in [0.5, 0.6) is 11.5 Å². The molecule has 0 radical (unpaired) electrons. The highest BCUT2D eigenvalue weighted by atomic mass is 16.7. The van der Waals surface area contributed by atoms with Crippen LogP contribution in [0.15, 0.2) is 29.8 Å². The number of rotatable bonds is 7. The van der Waals surface area contributed by atoms with Crippen molar-refractivity contribution in [2.75, 3.05) is 20.4 Å². The molecule has 0 saturated carbocycles. The van der Waals surface area contributed by atoms with Crippen LogP contribution in [-0.4, -0.2) is 37.2 Å². The van der Waals surface area contributed by atoms with Gasteiger partial charge in [0.15, 0.2) is 11.5 Å². The van der Waals surface area contributed by atoms with Gasteiger partial charge in [0.1, 0.15) is 0 Å². The van der Waals surface area contributed by atoms with Crippen LogP contribution in [0.25, 0.3) is 0 Å². The number of hydrogen-bond donors (Lipinski definition) is 1. The average molecular weight is 344 g/mol. The number of carbonyl (C=O) groups excluding carboxylic acids is 1. The van der Waals surface area contributed by atoms with Crippen LogP contribution in [0.2, 0.25) is 0 Å². The Balaban J connectivity index is 1.45. The highest BCUT2D eigenvalue weighted by Crippen LogP contribution is 2.32. The highest BCUT2D eigenvalue weighted by Gasteiger charge is 2.19. The van der Waals surface area contributed by atoms with Gasteiger partial charge < -0.3 is 14.8 Å². The van der Waals surface area contributed by atoms with Crippen LogP contribution in [0, 0.1) is 0 Å². The lowest BCUT2D eigenvalue weighted by molar-refractivity contribution is -0.125. The molecule has 1 atom stereocenters. The van der Waals surface area contributed by atoms with Gasteiger partial charge in [-0.3, -0.25) is 9.69 Å². The maximum Gasteiger partial charge on any atom is 0.237 e. The average Bonchev–Trinajstić information content (AvgIpc) is 3.09. The minimum atomic E-state index is -0.175. The minimum Gasteiger partial charge on any atom is -0.454 e. The molecule has 0 bridgehead atoms. The molecule has 1 aliphatic heterocycles. The Morgan fingerprint density at radius 3 is 2.92 bits per heavy atom. The molecule has 5 nitrogen and oxygen atoms in total. The van der Waals surface area contributed by atoms with Crippen molar-refractivity contribution in [1.29, 1.82) is 0 Å². The molecule has 1 N–H and O–H groups in total. The smallest absolute Gasteiger partial charge is 0.237 e. The van der Waals surface area contributed by atoms with Crippen molar-refractivity contribution in [3.05, 3.63) is 35.4 Å². The summed E-state index contributed by atoms with van der Waals surface area (Å²) in [4.78, 5) is 14.4. The Bertz CT molecular complexity index is 642. The third-order valence-electron chi connectivity index (χ3n) is 5.04. The second-order valence-electron chi connectivity index (χ2n) is 6.93. The number of allylic oxidation sites excluding steroid dienone is 1. The van der Waals surface area contributed by atoms with Crippen LogP contribution < -0.4 is 14.8 Å². The third-order valence-corrected chi connectivity index (χ3v) is 5.04. The van der Waals surface area contributed by atoms with Crippen molar-refractivity contribution < 1.29 is 14.3 Å². The van der Waals surface area contributed by atoms with Gasteiger partial charge >= 0.3 is 0 Å². The standard InChI is InChI=1S/C20H28N2O3/c1-15(20(23)21-11-10-16-6-4-3-5-7-16)22(2)13-17-8-9-18-19(12-17)25-14-24-18/h6,8-9,12,15H,3-5,7,10-11,13-14H2,1-2H3,(H,21,23). The summed E-state index contributed by atoms with van der Waals surface area (Å²) in [5.74, 6) is 1.65. The molecule has 0 saturated heterocycles. The van der Waals surface area contributed by atoms with Gasteiger partial charge in [0.05, 0.1) is 6.04 Å². The predicted octanol–water partition coefficient (Wildman–Crippen LogP) is 3.24. The zero-order valence-electron chi connectivity index (χ0n) is 15.2. The van der Waals surface area contributed by atoms with E-state index in [2.05, 4.69) is 11.4 Å². The molecule has 1 unspecified atom stereocenters. The van der Waals surface area contributed by atoms with Crippen molar-refractivity contribution in [2.24, 2.45) is 0 Å². The van der Waals surface area contributed by atoms with E-state index in [0.717, 1.165) is 30.0 Å². The van der Waals surface area contributed by atoms with Crippen molar-refractivity contribution in [3.8, 4) is 11.5 Å². The van der Waals surface area contributed by atoms with E-state index in [-0.39, 0.29) is 18.7 Å². The van der Waals surface area contributed by atoms with E-state index in [1.165, 1.54) is 31.3 Å².